The van der Waals surface area contributed by atoms with E-state index in [0.717, 1.165) is 45.6 Å². The molecule has 3 saturated heterocycles. The average molecular weight is 449 g/mol. The lowest BCUT2D eigenvalue weighted by atomic mass is 9.76. The van der Waals surface area contributed by atoms with Crippen LogP contribution in [0.2, 0.25) is 0 Å². The highest BCUT2D eigenvalue weighted by Gasteiger charge is 2.50. The molecule has 0 radical (unpaired) electrons. The molecule has 8 heteroatoms. The largest absolute Gasteiger partial charge is 0.771 e. The van der Waals surface area contributed by atoms with Crippen LogP contribution in [0.5, 0.6) is 0 Å². The van der Waals surface area contributed by atoms with Gasteiger partial charge in [-0.25, -0.2) is 0 Å². The number of cyclic esters (lactones) is 1. The van der Waals surface area contributed by atoms with E-state index in [2.05, 4.69) is 41.0 Å². The number of benzene rings is 1. The summed E-state index contributed by atoms with van der Waals surface area (Å²) in [5.74, 6) is -0.0720. The molecule has 2 unspecified atom stereocenters. The molecule has 31 heavy (non-hydrogen) atoms. The van der Waals surface area contributed by atoms with Gasteiger partial charge >= 0.3 is 5.97 Å². The van der Waals surface area contributed by atoms with Gasteiger partial charge in [0.15, 0.2) is 0 Å². The molecule has 1 aromatic rings. The van der Waals surface area contributed by atoms with Gasteiger partial charge in [-0.05, 0) is 56.3 Å². The highest BCUT2D eigenvalue weighted by atomic mass is 32.2. The van der Waals surface area contributed by atoms with Crippen molar-refractivity contribution in [2.75, 3.05) is 50.7 Å². The molecular weight excluding hydrogens is 414 g/mol. The van der Waals surface area contributed by atoms with E-state index in [4.69, 9.17) is 4.74 Å². The second kappa shape index (κ2) is 9.57. The Balaban J connectivity index is 1.22. The van der Waals surface area contributed by atoms with Crippen molar-refractivity contribution >= 4 is 22.7 Å². The van der Waals surface area contributed by atoms with Crippen molar-refractivity contribution in [3.63, 3.8) is 0 Å². The molecule has 3 heterocycles. The third kappa shape index (κ3) is 5.13. The smallest absolute Gasteiger partial charge is 0.312 e. The maximum absolute atomic E-state index is 12.7. The van der Waals surface area contributed by atoms with Gasteiger partial charge in [-0.1, -0.05) is 17.7 Å². The van der Waals surface area contributed by atoms with Gasteiger partial charge in [-0.3, -0.25) is 18.8 Å². The molecule has 3 aliphatic rings. The Kier molecular flexibility index (Phi) is 7.01. The lowest BCUT2D eigenvalue weighted by Gasteiger charge is -2.40. The summed E-state index contributed by atoms with van der Waals surface area (Å²) in [5.41, 5.74) is 2.17. The Hall–Kier alpha value is -1.48. The van der Waals surface area contributed by atoms with Crippen molar-refractivity contribution in [2.45, 2.75) is 51.0 Å². The number of carbonyl (C=O) groups excluding carboxylic acids is 1. The highest BCUT2D eigenvalue weighted by molar-refractivity contribution is 7.79. The molecule has 0 aliphatic carbocycles. The fraction of sp³-hybridized carbons (Fsp3) is 0.696. The highest BCUT2D eigenvalue weighted by Crippen LogP contribution is 2.44. The van der Waals surface area contributed by atoms with E-state index in [1.807, 2.05) is 4.90 Å². The molecule has 172 valence electrons. The summed E-state index contributed by atoms with van der Waals surface area (Å²) < 4.78 is 28.2. The summed E-state index contributed by atoms with van der Waals surface area (Å²) in [4.78, 5) is 19.5. The van der Waals surface area contributed by atoms with Crippen LogP contribution in [0.3, 0.4) is 0 Å². The van der Waals surface area contributed by atoms with E-state index in [0.29, 0.717) is 25.9 Å². The first-order valence-corrected chi connectivity index (χ1v) is 12.6. The maximum atomic E-state index is 12.7. The molecule has 3 aliphatic heterocycles. The van der Waals surface area contributed by atoms with Crippen LogP contribution in [0.25, 0.3) is 0 Å². The standard InChI is InChI=1S/C23H35N3O4S/c1-18-3-5-20(6-4-18)26-15-13-24(14-16-26)10-7-21-17-23(22(27)30-21)8-11-25(12-9-23)19(2)31(28)29/h3-6,19,21H,7-17H2,1-2H3,(H,28,29)/p-1/t19?,21-/m1/s1. The molecule has 0 aromatic heterocycles. The molecular formula is C23H34N3O4S-. The van der Waals surface area contributed by atoms with Crippen molar-refractivity contribution in [2.24, 2.45) is 5.41 Å². The SMILES string of the molecule is Cc1ccc(N2CCN(CC[C@@H]3CC4(CCN(C(C)S(=O)[O-])CC4)C(=O)O3)CC2)cc1. The summed E-state index contributed by atoms with van der Waals surface area (Å²) in [6.07, 6.45) is 3.03. The molecule has 3 fully saturated rings. The van der Waals surface area contributed by atoms with Gasteiger partial charge in [0.25, 0.3) is 0 Å². The molecule has 7 nitrogen and oxygen atoms in total. The van der Waals surface area contributed by atoms with Crippen LogP contribution in [0.1, 0.15) is 38.2 Å². The van der Waals surface area contributed by atoms with E-state index >= 15 is 0 Å². The third-order valence-electron chi connectivity index (χ3n) is 7.41. The number of aryl methyl sites for hydroxylation is 1. The Morgan fingerprint density at radius 2 is 1.77 bits per heavy atom. The second-order valence-corrected chi connectivity index (χ2v) is 10.6. The molecule has 1 spiro atoms. The van der Waals surface area contributed by atoms with E-state index < -0.39 is 21.9 Å². The summed E-state index contributed by atoms with van der Waals surface area (Å²) in [7, 11) is 0. The quantitative estimate of drug-likeness (QED) is 0.487. The molecule has 1 aromatic carbocycles. The Morgan fingerprint density at radius 1 is 1.13 bits per heavy atom. The van der Waals surface area contributed by atoms with Gasteiger partial charge in [0, 0.05) is 57.9 Å². The van der Waals surface area contributed by atoms with Crippen LogP contribution in [0.4, 0.5) is 5.69 Å². The number of piperidine rings is 1. The number of rotatable bonds is 6. The zero-order valence-electron chi connectivity index (χ0n) is 18.6. The number of esters is 1. The van der Waals surface area contributed by atoms with E-state index in [9.17, 15) is 13.6 Å². The number of ether oxygens (including phenoxy) is 1. The summed E-state index contributed by atoms with van der Waals surface area (Å²) in [6, 6.07) is 8.72. The van der Waals surface area contributed by atoms with Crippen molar-refractivity contribution in [1.82, 2.24) is 9.80 Å². The number of likely N-dealkylation sites (tertiary alicyclic amines) is 1. The topological polar surface area (TPSA) is 76.1 Å². The molecule has 0 saturated carbocycles. The number of hydrogen-bond donors (Lipinski definition) is 0. The van der Waals surface area contributed by atoms with Crippen molar-refractivity contribution < 1.29 is 18.3 Å². The molecule has 0 bridgehead atoms. The minimum absolute atomic E-state index is 0.0137. The molecule has 3 atom stereocenters. The van der Waals surface area contributed by atoms with E-state index in [-0.39, 0.29) is 12.1 Å². The maximum Gasteiger partial charge on any atom is 0.312 e. The zero-order valence-corrected chi connectivity index (χ0v) is 19.4. The van der Waals surface area contributed by atoms with E-state index in [1.165, 1.54) is 11.3 Å². The molecule has 0 N–H and O–H groups in total. The predicted octanol–water partition coefficient (Wildman–Crippen LogP) is 2.13. The van der Waals surface area contributed by atoms with Crippen LogP contribution in [0, 0.1) is 12.3 Å². The number of nitrogens with zero attached hydrogens (tertiary/aromatic N) is 3. The van der Waals surface area contributed by atoms with Gasteiger partial charge in [0.05, 0.1) is 10.8 Å². The van der Waals surface area contributed by atoms with Crippen LogP contribution in [0.15, 0.2) is 24.3 Å². The summed E-state index contributed by atoms with van der Waals surface area (Å²) >= 11 is -2.11. The normalized spacial score (nSPS) is 26.7. The average Bonchev–Trinajstić information content (AvgIpc) is 3.08. The van der Waals surface area contributed by atoms with Crippen LogP contribution >= 0.6 is 0 Å². The summed E-state index contributed by atoms with van der Waals surface area (Å²) in [6.45, 7) is 10.1. The zero-order chi connectivity index (χ0) is 22.0. The lowest BCUT2D eigenvalue weighted by Crippen LogP contribution is -2.47. The first-order valence-electron chi connectivity index (χ1n) is 11.4. The minimum atomic E-state index is -2.11. The van der Waals surface area contributed by atoms with Gasteiger partial charge < -0.3 is 14.2 Å². The van der Waals surface area contributed by atoms with Gasteiger partial charge in [0.2, 0.25) is 0 Å². The van der Waals surface area contributed by atoms with Gasteiger partial charge in [0.1, 0.15) is 6.10 Å². The van der Waals surface area contributed by atoms with Crippen LogP contribution in [-0.4, -0.2) is 81.8 Å². The van der Waals surface area contributed by atoms with Crippen molar-refractivity contribution in [1.29, 1.82) is 0 Å². The fourth-order valence-electron chi connectivity index (χ4n) is 5.16. The third-order valence-corrected chi connectivity index (χ3v) is 8.27. The number of piperazine rings is 1. The number of hydrogen-bond acceptors (Lipinski definition) is 7. The van der Waals surface area contributed by atoms with Crippen LogP contribution in [-0.2, 0) is 20.6 Å². The molecule has 0 amide bonds. The van der Waals surface area contributed by atoms with E-state index in [1.54, 1.807) is 6.92 Å². The first-order chi connectivity index (χ1) is 14.9. The monoisotopic (exact) mass is 448 g/mol. The predicted molar refractivity (Wildman–Crippen MR) is 121 cm³/mol. The van der Waals surface area contributed by atoms with Gasteiger partial charge in [-0.2, -0.15) is 0 Å². The van der Waals surface area contributed by atoms with Crippen molar-refractivity contribution in [3.05, 3.63) is 29.8 Å². The van der Waals surface area contributed by atoms with Crippen molar-refractivity contribution in [3.8, 4) is 0 Å². The summed E-state index contributed by atoms with van der Waals surface area (Å²) in [5, 5.41) is -0.496. The van der Waals surface area contributed by atoms with Crippen LogP contribution < -0.4 is 4.90 Å². The molecule has 4 rings (SSSR count). The lowest BCUT2D eigenvalue weighted by molar-refractivity contribution is -0.151. The van der Waals surface area contributed by atoms with Gasteiger partial charge in [-0.15, -0.1) is 0 Å². The second-order valence-electron chi connectivity index (χ2n) is 9.36. The first kappa shape index (κ1) is 22.7. The number of carbonyl (C=O) groups is 1. The Morgan fingerprint density at radius 3 is 2.39 bits per heavy atom. The Labute approximate surface area is 188 Å². The fourth-order valence-corrected chi connectivity index (χ4v) is 5.61. The number of anilines is 1. The minimum Gasteiger partial charge on any atom is -0.771 e. The Bertz CT molecular complexity index is 787.